The number of β-amino-alcohol motifs (C(OH)–C–C–N with tert-alkyl or cyclic N) is 1. The van der Waals surface area contributed by atoms with Crippen LogP contribution in [0.4, 0.5) is 0 Å². The van der Waals surface area contributed by atoms with Crippen LogP contribution in [-0.2, 0) is 17.8 Å². The lowest BCUT2D eigenvalue weighted by Gasteiger charge is -2.34. The molecule has 174 valence electrons. The van der Waals surface area contributed by atoms with Crippen LogP contribution in [0.5, 0.6) is 11.5 Å². The number of carbonyl (C=O) groups is 1. The second-order valence-corrected chi connectivity index (χ2v) is 7.89. The summed E-state index contributed by atoms with van der Waals surface area (Å²) in [6.45, 7) is 8.02. The van der Waals surface area contributed by atoms with Crippen molar-refractivity contribution in [1.82, 2.24) is 20.1 Å². The smallest absolute Gasteiger partial charge is 0.273 e. The van der Waals surface area contributed by atoms with Gasteiger partial charge in [0.05, 0.1) is 19.3 Å². The molecule has 3 heterocycles. The van der Waals surface area contributed by atoms with Crippen molar-refractivity contribution in [3.05, 3.63) is 41.6 Å². The van der Waals surface area contributed by atoms with Gasteiger partial charge in [-0.1, -0.05) is 6.07 Å². The van der Waals surface area contributed by atoms with Crippen LogP contribution in [0.2, 0.25) is 0 Å². The molecule has 1 amide bonds. The van der Waals surface area contributed by atoms with E-state index in [2.05, 4.69) is 20.1 Å². The zero-order valence-corrected chi connectivity index (χ0v) is 18.3. The number of nitrogens with one attached hydrogen (secondary N) is 1. The molecule has 2 aromatic rings. The predicted molar refractivity (Wildman–Crippen MR) is 114 cm³/mol. The average molecular weight is 447 g/mol. The van der Waals surface area contributed by atoms with Gasteiger partial charge >= 0.3 is 0 Å². The number of carbonyl (C=O) groups excluding carboxylic acids is 1. The highest BCUT2D eigenvalue weighted by Crippen LogP contribution is 2.32. The zero-order chi connectivity index (χ0) is 22.3. The Kier molecular flexibility index (Phi) is 7.59. The van der Waals surface area contributed by atoms with Crippen LogP contribution in [0.25, 0.3) is 0 Å². The SMILES string of the molecule is CCOC[C@@H](O)CN1CCN(Cc2nc(C(=O)NCc3ccc4c(c3)OCO4)co2)CC1. The maximum Gasteiger partial charge on any atom is 0.273 e. The predicted octanol–water partition coefficient (Wildman–Crippen LogP) is 0.848. The average Bonchev–Trinajstić information content (AvgIpc) is 3.46. The molecule has 32 heavy (non-hydrogen) atoms. The van der Waals surface area contributed by atoms with Crippen molar-refractivity contribution in [3.8, 4) is 11.5 Å². The van der Waals surface area contributed by atoms with E-state index in [4.69, 9.17) is 18.6 Å². The lowest BCUT2D eigenvalue weighted by Crippen LogP contribution is -2.48. The van der Waals surface area contributed by atoms with Gasteiger partial charge in [0, 0.05) is 45.9 Å². The number of fused-ring (bicyclic) bond motifs is 1. The van der Waals surface area contributed by atoms with Crippen LogP contribution in [-0.4, -0.2) is 84.6 Å². The van der Waals surface area contributed by atoms with Gasteiger partial charge < -0.3 is 29.1 Å². The van der Waals surface area contributed by atoms with Crippen LogP contribution in [0, 0.1) is 0 Å². The van der Waals surface area contributed by atoms with Gasteiger partial charge in [-0.15, -0.1) is 0 Å². The van der Waals surface area contributed by atoms with Gasteiger partial charge in [-0.2, -0.15) is 0 Å². The molecule has 0 radical (unpaired) electrons. The second-order valence-electron chi connectivity index (χ2n) is 7.89. The van der Waals surface area contributed by atoms with Crippen molar-refractivity contribution in [1.29, 1.82) is 0 Å². The number of oxazole rings is 1. The molecule has 0 saturated carbocycles. The van der Waals surface area contributed by atoms with E-state index < -0.39 is 6.10 Å². The highest BCUT2D eigenvalue weighted by molar-refractivity contribution is 5.91. The maximum absolute atomic E-state index is 12.4. The number of ether oxygens (including phenoxy) is 3. The summed E-state index contributed by atoms with van der Waals surface area (Å²) in [5.74, 6) is 1.63. The summed E-state index contributed by atoms with van der Waals surface area (Å²) in [5.41, 5.74) is 1.17. The van der Waals surface area contributed by atoms with Crippen molar-refractivity contribution in [2.24, 2.45) is 0 Å². The van der Waals surface area contributed by atoms with Crippen LogP contribution in [0.1, 0.15) is 28.9 Å². The summed E-state index contributed by atoms with van der Waals surface area (Å²) in [4.78, 5) is 21.2. The molecule has 10 nitrogen and oxygen atoms in total. The second kappa shape index (κ2) is 10.8. The molecule has 0 spiro atoms. The van der Waals surface area contributed by atoms with Crippen molar-refractivity contribution in [2.75, 3.05) is 52.7 Å². The van der Waals surface area contributed by atoms with Crippen LogP contribution in [0.3, 0.4) is 0 Å². The first-order chi connectivity index (χ1) is 15.6. The van der Waals surface area contributed by atoms with Gasteiger partial charge in [0.15, 0.2) is 17.2 Å². The highest BCUT2D eigenvalue weighted by atomic mass is 16.7. The van der Waals surface area contributed by atoms with E-state index in [9.17, 15) is 9.90 Å². The molecular formula is C22H30N4O6. The van der Waals surface area contributed by atoms with Gasteiger partial charge in [0.1, 0.15) is 6.26 Å². The number of hydrogen-bond donors (Lipinski definition) is 2. The topological polar surface area (TPSA) is 110 Å². The fourth-order valence-electron chi connectivity index (χ4n) is 3.74. The molecular weight excluding hydrogens is 416 g/mol. The lowest BCUT2D eigenvalue weighted by molar-refractivity contribution is 0.00949. The molecule has 1 saturated heterocycles. The van der Waals surface area contributed by atoms with E-state index in [1.165, 1.54) is 6.26 Å². The summed E-state index contributed by atoms with van der Waals surface area (Å²) < 4.78 is 21.4. The number of benzene rings is 1. The third-order valence-corrected chi connectivity index (χ3v) is 5.48. The minimum Gasteiger partial charge on any atom is -0.454 e. The monoisotopic (exact) mass is 446 g/mol. The minimum atomic E-state index is -0.466. The normalized spacial score (nSPS) is 17.4. The minimum absolute atomic E-state index is 0.220. The van der Waals surface area contributed by atoms with Crippen molar-refractivity contribution in [2.45, 2.75) is 26.1 Å². The number of aliphatic hydroxyl groups excluding tert-OH is 1. The van der Waals surface area contributed by atoms with Crippen molar-refractivity contribution >= 4 is 5.91 Å². The van der Waals surface area contributed by atoms with Gasteiger partial charge in [-0.25, -0.2) is 4.98 Å². The molecule has 10 heteroatoms. The molecule has 4 rings (SSSR count). The lowest BCUT2D eigenvalue weighted by atomic mass is 10.2. The number of hydrogen-bond acceptors (Lipinski definition) is 9. The molecule has 1 atom stereocenters. The number of aliphatic hydroxyl groups is 1. The first kappa shape index (κ1) is 22.5. The maximum atomic E-state index is 12.4. The summed E-state index contributed by atoms with van der Waals surface area (Å²) >= 11 is 0. The van der Waals surface area contributed by atoms with E-state index in [1.807, 2.05) is 25.1 Å². The molecule has 1 aromatic heterocycles. The number of rotatable bonds is 10. The molecule has 0 bridgehead atoms. The van der Waals surface area contributed by atoms with Crippen LogP contribution in [0.15, 0.2) is 28.9 Å². The summed E-state index contributed by atoms with van der Waals surface area (Å²) in [7, 11) is 0. The number of piperazine rings is 1. The third-order valence-electron chi connectivity index (χ3n) is 5.48. The van der Waals surface area contributed by atoms with E-state index in [-0.39, 0.29) is 18.4 Å². The Morgan fingerprint density at radius 1 is 1.22 bits per heavy atom. The Morgan fingerprint density at radius 3 is 2.81 bits per heavy atom. The van der Waals surface area contributed by atoms with Gasteiger partial charge in [-0.3, -0.25) is 14.6 Å². The molecule has 2 aliphatic rings. The molecule has 1 aromatic carbocycles. The Bertz CT molecular complexity index is 896. The Labute approximate surface area is 187 Å². The molecule has 2 N–H and O–H groups in total. The van der Waals surface area contributed by atoms with E-state index >= 15 is 0 Å². The summed E-state index contributed by atoms with van der Waals surface area (Å²) in [6, 6.07) is 5.57. The number of amides is 1. The zero-order valence-electron chi connectivity index (χ0n) is 18.3. The first-order valence-corrected chi connectivity index (χ1v) is 10.9. The fraction of sp³-hybridized carbons (Fsp3) is 0.545. The van der Waals surface area contributed by atoms with Crippen molar-refractivity contribution in [3.63, 3.8) is 0 Å². The molecule has 2 aliphatic heterocycles. The van der Waals surface area contributed by atoms with E-state index in [1.54, 1.807) is 0 Å². The van der Waals surface area contributed by atoms with Gasteiger partial charge in [-0.05, 0) is 24.6 Å². The summed E-state index contributed by atoms with van der Waals surface area (Å²) in [5, 5.41) is 12.8. The fourth-order valence-corrected chi connectivity index (χ4v) is 3.74. The highest BCUT2D eigenvalue weighted by Gasteiger charge is 2.21. The van der Waals surface area contributed by atoms with E-state index in [0.29, 0.717) is 50.2 Å². The standard InChI is InChI=1S/C22H30N4O6/c1-2-29-13-17(27)11-25-5-7-26(8-6-25)12-21-24-18(14-30-21)22(28)23-10-16-3-4-19-20(9-16)32-15-31-19/h3-4,9,14,17,27H,2,5-8,10-13,15H2,1H3,(H,23,28)/t17-/m0/s1. The molecule has 0 aliphatic carbocycles. The van der Waals surface area contributed by atoms with Gasteiger partial charge in [0.2, 0.25) is 12.7 Å². The molecule has 0 unspecified atom stereocenters. The largest absolute Gasteiger partial charge is 0.454 e. The first-order valence-electron chi connectivity index (χ1n) is 10.9. The van der Waals surface area contributed by atoms with Crippen LogP contribution >= 0.6 is 0 Å². The quantitative estimate of drug-likeness (QED) is 0.549. The summed E-state index contributed by atoms with van der Waals surface area (Å²) in [6.07, 6.45) is 0.928. The Hall–Kier alpha value is -2.66. The van der Waals surface area contributed by atoms with E-state index in [0.717, 1.165) is 31.7 Å². The third kappa shape index (κ3) is 5.98. The van der Waals surface area contributed by atoms with Gasteiger partial charge in [0.25, 0.3) is 5.91 Å². The van der Waals surface area contributed by atoms with Crippen LogP contribution < -0.4 is 14.8 Å². The Morgan fingerprint density at radius 2 is 2.00 bits per heavy atom. The molecule has 1 fully saturated rings. The van der Waals surface area contributed by atoms with Crippen molar-refractivity contribution < 1.29 is 28.5 Å². The number of nitrogens with zero attached hydrogens (tertiary/aromatic N) is 3. The Balaban J connectivity index is 1.20. The number of aromatic nitrogens is 1.